The maximum atomic E-state index is 13.7. The van der Waals surface area contributed by atoms with Gasteiger partial charge in [0.15, 0.2) is 0 Å². The predicted octanol–water partition coefficient (Wildman–Crippen LogP) is 7.10. The van der Waals surface area contributed by atoms with Crippen LogP contribution in [0.5, 0.6) is 5.75 Å². The van der Waals surface area contributed by atoms with Crippen LogP contribution in [0.15, 0.2) is 42.5 Å². The summed E-state index contributed by atoms with van der Waals surface area (Å²) in [6, 6.07) is 11.8. The van der Waals surface area contributed by atoms with Crippen LogP contribution in [-0.4, -0.2) is 61.2 Å². The second-order valence-corrected chi connectivity index (χ2v) is 14.7. The molecule has 1 N–H and O–H groups in total. The Hall–Kier alpha value is -2.92. The molecule has 0 heterocycles. The number of unbranched alkanes of at least 4 members (excludes halogenated alkanes) is 4. The van der Waals surface area contributed by atoms with Crippen molar-refractivity contribution in [1.82, 2.24) is 4.90 Å². The number of nitrogens with zero attached hydrogens (tertiary/aromatic N) is 1. The fourth-order valence-corrected chi connectivity index (χ4v) is 7.66. The van der Waals surface area contributed by atoms with E-state index in [1.165, 1.54) is 23.3 Å². The Morgan fingerprint density at radius 2 is 1.59 bits per heavy atom. The fraction of sp³-hybridized carbons (Fsp3) is 0.571. The zero-order chi connectivity index (χ0) is 33.7. The molecule has 46 heavy (non-hydrogen) atoms. The SMILES string of the molecule is CC(CC(=O)[O-])N(CCCCCCC1=C(c2ccc(F)cc2)CCCc2cc(O)ccc21)CCCCS(=O)(=O)CCCC(F)(F)F. The number of carboxylic acids is 1. The van der Waals surface area contributed by atoms with Crippen molar-refractivity contribution < 1.29 is 41.0 Å². The number of benzene rings is 2. The zero-order valence-corrected chi connectivity index (χ0v) is 27.4. The number of halogens is 4. The third-order valence-corrected chi connectivity index (χ3v) is 10.4. The number of phenolic OH excluding ortho intramolecular Hbond substituents is 1. The summed E-state index contributed by atoms with van der Waals surface area (Å²) in [6.45, 7) is 2.93. The van der Waals surface area contributed by atoms with Crippen molar-refractivity contribution in [2.45, 2.75) is 103 Å². The summed E-state index contributed by atoms with van der Waals surface area (Å²) in [6.07, 6.45) is 1.75. The Labute approximate surface area is 270 Å². The molecule has 11 heteroatoms. The van der Waals surface area contributed by atoms with Gasteiger partial charge in [-0.1, -0.05) is 31.0 Å². The molecule has 0 aliphatic heterocycles. The second-order valence-electron chi connectivity index (χ2n) is 12.4. The molecule has 0 spiro atoms. The summed E-state index contributed by atoms with van der Waals surface area (Å²) in [4.78, 5) is 13.3. The molecule has 1 unspecified atom stereocenters. The van der Waals surface area contributed by atoms with E-state index in [2.05, 4.69) is 0 Å². The number of carboxylic acid groups (broad SMARTS) is 1. The highest BCUT2D eigenvalue weighted by Gasteiger charge is 2.27. The monoisotopic (exact) mass is 668 g/mol. The summed E-state index contributed by atoms with van der Waals surface area (Å²) >= 11 is 0. The van der Waals surface area contributed by atoms with E-state index in [0.717, 1.165) is 68.1 Å². The first-order valence-electron chi connectivity index (χ1n) is 16.3. The summed E-state index contributed by atoms with van der Waals surface area (Å²) in [5, 5.41) is 21.3. The number of aliphatic carboxylic acids is 1. The van der Waals surface area contributed by atoms with E-state index < -0.39 is 40.6 Å². The fourth-order valence-electron chi connectivity index (χ4n) is 6.23. The molecule has 2 aromatic carbocycles. The van der Waals surface area contributed by atoms with Gasteiger partial charge in [-0.15, -0.1) is 0 Å². The number of aromatic hydroxyl groups is 1. The van der Waals surface area contributed by atoms with E-state index in [1.54, 1.807) is 13.0 Å². The largest absolute Gasteiger partial charge is 0.550 e. The first-order valence-corrected chi connectivity index (χ1v) is 18.1. The number of carbonyl (C=O) groups excluding carboxylic acids is 1. The first kappa shape index (κ1) is 37.5. The highest BCUT2D eigenvalue weighted by molar-refractivity contribution is 7.91. The van der Waals surface area contributed by atoms with Crippen molar-refractivity contribution in [2.75, 3.05) is 24.6 Å². The smallest absolute Gasteiger partial charge is 0.389 e. The highest BCUT2D eigenvalue weighted by atomic mass is 32.2. The molecule has 0 aromatic heterocycles. The van der Waals surface area contributed by atoms with Crippen LogP contribution in [0, 0.1) is 5.82 Å². The molecule has 0 saturated carbocycles. The molecule has 1 atom stereocenters. The van der Waals surface area contributed by atoms with Crippen LogP contribution in [0.1, 0.15) is 101 Å². The van der Waals surface area contributed by atoms with Gasteiger partial charge in [-0.3, -0.25) is 0 Å². The van der Waals surface area contributed by atoms with Gasteiger partial charge in [0.25, 0.3) is 0 Å². The minimum Gasteiger partial charge on any atom is -0.550 e. The predicted molar refractivity (Wildman–Crippen MR) is 171 cm³/mol. The van der Waals surface area contributed by atoms with Crippen LogP contribution < -0.4 is 5.11 Å². The molecule has 0 saturated heterocycles. The summed E-state index contributed by atoms with van der Waals surface area (Å²) < 4.78 is 75.0. The first-order chi connectivity index (χ1) is 21.7. The quantitative estimate of drug-likeness (QED) is 0.127. The molecule has 6 nitrogen and oxygen atoms in total. The molecule has 0 amide bonds. The van der Waals surface area contributed by atoms with Gasteiger partial charge in [0.2, 0.25) is 0 Å². The lowest BCUT2D eigenvalue weighted by Crippen LogP contribution is -2.39. The summed E-state index contributed by atoms with van der Waals surface area (Å²) in [5.41, 5.74) is 5.66. The van der Waals surface area contributed by atoms with E-state index in [4.69, 9.17) is 0 Å². The number of aryl methyl sites for hydroxylation is 1. The average molecular weight is 669 g/mol. The Bertz CT molecular complexity index is 1410. The van der Waals surface area contributed by atoms with Crippen molar-refractivity contribution in [3.05, 3.63) is 65.0 Å². The Morgan fingerprint density at radius 3 is 2.26 bits per heavy atom. The van der Waals surface area contributed by atoms with Gasteiger partial charge in [0.1, 0.15) is 21.4 Å². The molecule has 256 valence electrons. The van der Waals surface area contributed by atoms with E-state index in [9.17, 15) is 41.0 Å². The molecule has 0 bridgehead atoms. The molecule has 1 aliphatic carbocycles. The topological polar surface area (TPSA) is 97.7 Å². The van der Waals surface area contributed by atoms with Crippen LogP contribution in [-0.2, 0) is 21.1 Å². The second kappa shape index (κ2) is 17.8. The Kier molecular flexibility index (Phi) is 14.6. The minimum atomic E-state index is -4.37. The van der Waals surface area contributed by atoms with Crippen molar-refractivity contribution in [2.24, 2.45) is 0 Å². The van der Waals surface area contributed by atoms with Crippen LogP contribution in [0.3, 0.4) is 0 Å². The minimum absolute atomic E-state index is 0.148. The molecule has 3 rings (SSSR count). The Morgan fingerprint density at radius 1 is 0.935 bits per heavy atom. The van der Waals surface area contributed by atoms with Crippen LogP contribution in [0.2, 0.25) is 0 Å². The standard InChI is InChI=1S/C35H47F4NO5S/c1-26(24-34(42)43)40(21-6-7-22-46(44,45)23-9-19-35(37,38)39)20-5-3-2-4-11-33-31(27-13-15-29(36)16-14-27)12-8-10-28-25-30(41)17-18-32(28)33/h13-18,25-26,41H,2-12,19-24H2,1H3,(H,42,43)/p-1. The molecule has 2 aromatic rings. The summed E-state index contributed by atoms with van der Waals surface area (Å²) in [7, 11) is -3.58. The summed E-state index contributed by atoms with van der Waals surface area (Å²) in [5.74, 6) is -1.88. The van der Waals surface area contributed by atoms with Crippen molar-refractivity contribution >= 4 is 27.0 Å². The van der Waals surface area contributed by atoms with Crippen LogP contribution >= 0.6 is 0 Å². The van der Waals surface area contributed by atoms with Crippen molar-refractivity contribution in [3.63, 3.8) is 0 Å². The van der Waals surface area contributed by atoms with E-state index >= 15 is 0 Å². The lowest BCUT2D eigenvalue weighted by Gasteiger charge is -2.29. The van der Waals surface area contributed by atoms with Gasteiger partial charge in [-0.25, -0.2) is 12.8 Å². The van der Waals surface area contributed by atoms with Gasteiger partial charge in [-0.2, -0.15) is 13.2 Å². The zero-order valence-electron chi connectivity index (χ0n) is 26.6. The van der Waals surface area contributed by atoms with Gasteiger partial charge >= 0.3 is 6.18 Å². The van der Waals surface area contributed by atoms with Crippen LogP contribution in [0.4, 0.5) is 17.6 Å². The Balaban J connectivity index is 1.54. The number of phenols is 1. The normalized spacial score (nSPS) is 14.7. The molecule has 0 radical (unpaired) electrons. The number of rotatable bonds is 19. The number of allylic oxidation sites excluding steroid dienone is 2. The molecular weight excluding hydrogens is 622 g/mol. The van der Waals surface area contributed by atoms with E-state index in [-0.39, 0.29) is 29.8 Å². The molecule has 1 aliphatic rings. The third-order valence-electron chi connectivity index (χ3n) is 8.62. The highest BCUT2D eigenvalue weighted by Crippen LogP contribution is 2.39. The maximum absolute atomic E-state index is 13.7. The maximum Gasteiger partial charge on any atom is 0.389 e. The molecular formula is C35H46F4NO5S-. The lowest BCUT2D eigenvalue weighted by atomic mass is 9.89. The third kappa shape index (κ3) is 13.1. The van der Waals surface area contributed by atoms with Crippen molar-refractivity contribution in [3.8, 4) is 5.75 Å². The number of fused-ring (bicyclic) bond motifs is 1. The van der Waals surface area contributed by atoms with E-state index in [1.807, 2.05) is 29.2 Å². The van der Waals surface area contributed by atoms with Crippen molar-refractivity contribution in [1.29, 1.82) is 0 Å². The number of hydrogen-bond donors (Lipinski definition) is 1. The van der Waals surface area contributed by atoms with Gasteiger partial charge in [0, 0.05) is 24.9 Å². The number of sulfone groups is 1. The average Bonchev–Trinajstić information content (AvgIpc) is 3.13. The van der Waals surface area contributed by atoms with Gasteiger partial charge in [-0.05, 0) is 130 Å². The number of hydrogen-bond acceptors (Lipinski definition) is 6. The van der Waals surface area contributed by atoms with Gasteiger partial charge < -0.3 is 19.9 Å². The number of carbonyl (C=O) groups is 1. The molecule has 0 fully saturated rings. The lowest BCUT2D eigenvalue weighted by molar-refractivity contribution is -0.306. The van der Waals surface area contributed by atoms with Gasteiger partial charge in [0.05, 0.1) is 11.5 Å². The van der Waals surface area contributed by atoms with E-state index in [0.29, 0.717) is 25.9 Å². The number of alkyl halides is 3. The van der Waals surface area contributed by atoms with Crippen LogP contribution in [0.25, 0.3) is 11.1 Å².